The zero-order valence-corrected chi connectivity index (χ0v) is 12.6. The Balaban J connectivity index is 2.83. The van der Waals surface area contributed by atoms with Gasteiger partial charge in [-0.25, -0.2) is 0 Å². The average Bonchev–Trinajstić information content (AvgIpc) is 2.44. The second-order valence-corrected chi connectivity index (χ2v) is 5.11. The third kappa shape index (κ3) is 4.74. The van der Waals surface area contributed by atoms with E-state index >= 15 is 0 Å². The minimum absolute atomic E-state index is 0.0168. The monoisotopic (exact) mass is 280 g/mol. The van der Waals surface area contributed by atoms with Crippen LogP contribution in [0, 0.1) is 5.92 Å². The minimum Gasteiger partial charge on any atom is -0.493 e. The lowest BCUT2D eigenvalue weighted by atomic mass is 10.1. The summed E-state index contributed by atoms with van der Waals surface area (Å²) in [5.74, 6) is 1.64. The summed E-state index contributed by atoms with van der Waals surface area (Å²) in [5, 5.41) is 2.81. The van der Waals surface area contributed by atoms with Crippen LogP contribution in [0.15, 0.2) is 18.2 Å². The fraction of sp³-hybridized carbons (Fsp3) is 0.533. The Labute approximate surface area is 120 Å². The number of nitrogens with one attached hydrogen (secondary N) is 1. The van der Waals surface area contributed by atoms with Crippen LogP contribution in [0.25, 0.3) is 0 Å². The van der Waals surface area contributed by atoms with Gasteiger partial charge in [-0.15, -0.1) is 0 Å². The van der Waals surface area contributed by atoms with Crippen molar-refractivity contribution in [3.8, 4) is 11.5 Å². The van der Waals surface area contributed by atoms with Crippen LogP contribution in [-0.2, 0) is 4.79 Å². The Bertz CT molecular complexity index is 447. The molecule has 112 valence electrons. The van der Waals surface area contributed by atoms with Gasteiger partial charge in [-0.3, -0.25) is 4.79 Å². The largest absolute Gasteiger partial charge is 0.493 e. The third-order valence-electron chi connectivity index (χ3n) is 2.82. The van der Waals surface area contributed by atoms with E-state index in [0.717, 1.165) is 5.56 Å². The van der Waals surface area contributed by atoms with Gasteiger partial charge in [-0.1, -0.05) is 19.9 Å². The predicted octanol–water partition coefficient (Wildman–Crippen LogP) is 1.87. The molecular formula is C15H24N2O3. The lowest BCUT2D eigenvalue weighted by Crippen LogP contribution is -2.32. The first-order valence-corrected chi connectivity index (χ1v) is 6.78. The Morgan fingerprint density at radius 1 is 1.30 bits per heavy atom. The van der Waals surface area contributed by atoms with E-state index in [1.54, 1.807) is 7.11 Å². The summed E-state index contributed by atoms with van der Waals surface area (Å²) in [6, 6.07) is 5.53. The van der Waals surface area contributed by atoms with E-state index < -0.39 is 0 Å². The highest BCUT2D eigenvalue weighted by Crippen LogP contribution is 2.30. The summed E-state index contributed by atoms with van der Waals surface area (Å²) >= 11 is 0. The molecular weight excluding hydrogens is 256 g/mol. The van der Waals surface area contributed by atoms with E-state index in [4.69, 9.17) is 15.2 Å². The first kappa shape index (κ1) is 16.3. The number of ether oxygens (including phenoxy) is 2. The molecule has 0 radical (unpaired) electrons. The lowest BCUT2D eigenvalue weighted by molar-refractivity contribution is -0.120. The van der Waals surface area contributed by atoms with E-state index in [1.807, 2.05) is 25.1 Å². The molecule has 0 saturated carbocycles. The Morgan fingerprint density at radius 2 is 2.00 bits per heavy atom. The van der Waals surface area contributed by atoms with Gasteiger partial charge in [0.05, 0.1) is 26.3 Å². The predicted molar refractivity (Wildman–Crippen MR) is 78.9 cm³/mol. The molecule has 0 heterocycles. The topological polar surface area (TPSA) is 73.6 Å². The number of amides is 1. The van der Waals surface area contributed by atoms with Crippen LogP contribution in [0.3, 0.4) is 0 Å². The summed E-state index contributed by atoms with van der Waals surface area (Å²) in [5.41, 5.74) is 6.23. The highest BCUT2D eigenvalue weighted by atomic mass is 16.5. The molecule has 3 N–H and O–H groups in total. The van der Waals surface area contributed by atoms with Crippen LogP contribution in [0.4, 0.5) is 0 Å². The first-order valence-electron chi connectivity index (χ1n) is 6.78. The van der Waals surface area contributed by atoms with Crippen LogP contribution < -0.4 is 20.5 Å². The van der Waals surface area contributed by atoms with E-state index in [2.05, 4.69) is 19.2 Å². The molecule has 5 heteroatoms. The van der Waals surface area contributed by atoms with Crippen molar-refractivity contribution in [1.29, 1.82) is 0 Å². The standard InChI is InChI=1S/C15H24N2O3/c1-10(2)9-20-13-6-5-12(7-14(13)19-4)11(3)17-15(18)8-16/h5-7,10-11H,8-9,16H2,1-4H3,(H,17,18). The quantitative estimate of drug-likeness (QED) is 0.799. The summed E-state index contributed by atoms with van der Waals surface area (Å²) in [7, 11) is 1.60. The molecule has 0 saturated heterocycles. The molecule has 0 fully saturated rings. The fourth-order valence-electron chi connectivity index (χ4n) is 1.71. The van der Waals surface area contributed by atoms with E-state index in [1.165, 1.54) is 0 Å². The molecule has 1 rings (SSSR count). The average molecular weight is 280 g/mol. The van der Waals surface area contributed by atoms with Crippen LogP contribution in [-0.4, -0.2) is 26.2 Å². The first-order chi connectivity index (χ1) is 9.47. The maximum atomic E-state index is 11.3. The molecule has 0 spiro atoms. The maximum Gasteiger partial charge on any atom is 0.234 e. The second-order valence-electron chi connectivity index (χ2n) is 5.11. The zero-order valence-electron chi connectivity index (χ0n) is 12.6. The summed E-state index contributed by atoms with van der Waals surface area (Å²) in [6.07, 6.45) is 0. The number of benzene rings is 1. The van der Waals surface area contributed by atoms with Gasteiger partial charge < -0.3 is 20.5 Å². The molecule has 20 heavy (non-hydrogen) atoms. The van der Waals surface area contributed by atoms with Gasteiger partial charge in [0.2, 0.25) is 5.91 Å². The molecule has 0 aliphatic rings. The number of hydrogen-bond donors (Lipinski definition) is 2. The van der Waals surface area contributed by atoms with E-state index in [9.17, 15) is 4.79 Å². The van der Waals surface area contributed by atoms with Crippen molar-refractivity contribution < 1.29 is 14.3 Å². The highest BCUT2D eigenvalue weighted by molar-refractivity contribution is 5.78. The van der Waals surface area contributed by atoms with Crippen molar-refractivity contribution >= 4 is 5.91 Å². The number of hydrogen-bond acceptors (Lipinski definition) is 4. The Kier molecular flexibility index (Phi) is 6.31. The SMILES string of the molecule is COc1cc(C(C)NC(=O)CN)ccc1OCC(C)C. The van der Waals surface area contributed by atoms with Crippen molar-refractivity contribution in [2.24, 2.45) is 11.7 Å². The van der Waals surface area contributed by atoms with E-state index in [-0.39, 0.29) is 18.5 Å². The van der Waals surface area contributed by atoms with Crippen LogP contribution in [0.5, 0.6) is 11.5 Å². The fourth-order valence-corrected chi connectivity index (χ4v) is 1.71. The molecule has 0 aromatic heterocycles. The van der Waals surface area contributed by atoms with Gasteiger partial charge in [0.15, 0.2) is 11.5 Å². The van der Waals surface area contributed by atoms with Crippen LogP contribution in [0.1, 0.15) is 32.4 Å². The minimum atomic E-state index is -0.184. The molecule has 1 aromatic rings. The summed E-state index contributed by atoms with van der Waals surface area (Å²) < 4.78 is 11.0. The van der Waals surface area contributed by atoms with Crippen molar-refractivity contribution in [2.45, 2.75) is 26.8 Å². The zero-order chi connectivity index (χ0) is 15.1. The Hall–Kier alpha value is -1.75. The molecule has 1 aromatic carbocycles. The molecule has 5 nitrogen and oxygen atoms in total. The normalized spacial score (nSPS) is 12.1. The molecule has 1 atom stereocenters. The van der Waals surface area contributed by atoms with Gasteiger partial charge in [0.1, 0.15) is 0 Å². The number of nitrogens with two attached hydrogens (primary N) is 1. The van der Waals surface area contributed by atoms with Crippen molar-refractivity contribution in [3.05, 3.63) is 23.8 Å². The van der Waals surface area contributed by atoms with Crippen LogP contribution in [0.2, 0.25) is 0 Å². The Morgan fingerprint density at radius 3 is 2.55 bits per heavy atom. The highest BCUT2D eigenvalue weighted by Gasteiger charge is 2.12. The van der Waals surface area contributed by atoms with Crippen molar-refractivity contribution in [2.75, 3.05) is 20.3 Å². The summed E-state index contributed by atoms with van der Waals surface area (Å²) in [6.45, 7) is 6.69. The van der Waals surface area contributed by atoms with Gasteiger partial charge in [0.25, 0.3) is 0 Å². The second kappa shape index (κ2) is 7.75. The molecule has 1 unspecified atom stereocenters. The lowest BCUT2D eigenvalue weighted by Gasteiger charge is -2.17. The smallest absolute Gasteiger partial charge is 0.234 e. The molecule has 0 aliphatic heterocycles. The number of methoxy groups -OCH3 is 1. The van der Waals surface area contributed by atoms with Gasteiger partial charge in [0, 0.05) is 0 Å². The van der Waals surface area contributed by atoms with Crippen molar-refractivity contribution in [1.82, 2.24) is 5.32 Å². The number of rotatable bonds is 7. The number of carbonyl (C=O) groups is 1. The third-order valence-corrected chi connectivity index (χ3v) is 2.82. The molecule has 0 bridgehead atoms. The van der Waals surface area contributed by atoms with Gasteiger partial charge in [-0.2, -0.15) is 0 Å². The van der Waals surface area contributed by atoms with Gasteiger partial charge >= 0.3 is 0 Å². The van der Waals surface area contributed by atoms with Crippen molar-refractivity contribution in [3.63, 3.8) is 0 Å². The molecule has 0 aliphatic carbocycles. The maximum absolute atomic E-state index is 11.3. The number of carbonyl (C=O) groups excluding carboxylic acids is 1. The van der Waals surface area contributed by atoms with Gasteiger partial charge in [-0.05, 0) is 30.5 Å². The van der Waals surface area contributed by atoms with E-state index in [0.29, 0.717) is 24.0 Å². The summed E-state index contributed by atoms with van der Waals surface area (Å²) in [4.78, 5) is 11.3. The van der Waals surface area contributed by atoms with Crippen LogP contribution >= 0.6 is 0 Å². The molecule has 1 amide bonds.